The SMILES string of the molecule is O=CNCC(=O)NCC(=O)NCC(=O)NCC(=O)NCOCC(=O)O. The first kappa shape index (κ1) is 21.8. The molecule has 0 atom stereocenters. The Morgan fingerprint density at radius 2 is 1.20 bits per heavy atom. The van der Waals surface area contributed by atoms with Crippen molar-refractivity contribution in [2.75, 3.05) is 39.5 Å². The highest BCUT2D eigenvalue weighted by molar-refractivity contribution is 5.90. The Kier molecular flexibility index (Phi) is 11.5. The second-order valence-corrected chi connectivity index (χ2v) is 4.32. The summed E-state index contributed by atoms with van der Waals surface area (Å²) in [6.45, 7) is -2.35. The van der Waals surface area contributed by atoms with Crippen molar-refractivity contribution in [2.24, 2.45) is 0 Å². The monoisotopic (exact) mass is 361 g/mol. The second-order valence-electron chi connectivity index (χ2n) is 4.32. The zero-order valence-corrected chi connectivity index (χ0v) is 13.1. The van der Waals surface area contributed by atoms with Gasteiger partial charge in [0.1, 0.15) is 13.3 Å². The van der Waals surface area contributed by atoms with Crippen molar-refractivity contribution in [1.29, 1.82) is 0 Å². The first-order valence-corrected chi connectivity index (χ1v) is 6.88. The average molecular weight is 361 g/mol. The summed E-state index contributed by atoms with van der Waals surface area (Å²) >= 11 is 0. The Morgan fingerprint density at radius 3 is 1.64 bits per heavy atom. The van der Waals surface area contributed by atoms with Crippen LogP contribution in [-0.2, 0) is 33.5 Å². The van der Waals surface area contributed by atoms with Crippen LogP contribution in [0.3, 0.4) is 0 Å². The number of amides is 5. The van der Waals surface area contributed by atoms with Crippen LogP contribution in [0.1, 0.15) is 0 Å². The molecule has 0 aromatic heterocycles. The molecule has 0 saturated heterocycles. The van der Waals surface area contributed by atoms with Gasteiger partial charge >= 0.3 is 5.97 Å². The van der Waals surface area contributed by atoms with Gasteiger partial charge in [0, 0.05) is 0 Å². The molecule has 0 aliphatic heterocycles. The summed E-state index contributed by atoms with van der Waals surface area (Å²) in [6.07, 6.45) is 0.332. The third kappa shape index (κ3) is 14.1. The number of carbonyl (C=O) groups is 6. The predicted octanol–water partition coefficient (Wildman–Crippen LogP) is -4.74. The number of hydrogen-bond donors (Lipinski definition) is 6. The molecular weight excluding hydrogens is 342 g/mol. The maximum atomic E-state index is 11.4. The third-order valence-corrected chi connectivity index (χ3v) is 2.28. The van der Waals surface area contributed by atoms with Gasteiger partial charge in [0.25, 0.3) is 0 Å². The molecule has 140 valence electrons. The fourth-order valence-corrected chi connectivity index (χ4v) is 1.19. The molecule has 0 radical (unpaired) electrons. The quantitative estimate of drug-likeness (QED) is 0.107. The van der Waals surface area contributed by atoms with Gasteiger partial charge in [-0.2, -0.15) is 0 Å². The van der Waals surface area contributed by atoms with E-state index in [1.165, 1.54) is 0 Å². The highest BCUT2D eigenvalue weighted by Gasteiger charge is 2.09. The molecule has 0 fully saturated rings. The van der Waals surface area contributed by atoms with Crippen molar-refractivity contribution in [3.8, 4) is 0 Å². The second kappa shape index (κ2) is 13.2. The van der Waals surface area contributed by atoms with Gasteiger partial charge in [-0.05, 0) is 0 Å². The first-order valence-electron chi connectivity index (χ1n) is 6.88. The number of carboxylic acid groups (broad SMARTS) is 1. The van der Waals surface area contributed by atoms with Gasteiger partial charge in [0.2, 0.25) is 30.0 Å². The van der Waals surface area contributed by atoms with Gasteiger partial charge < -0.3 is 36.4 Å². The Balaban J connectivity index is 3.72. The average Bonchev–Trinajstić information content (AvgIpc) is 2.57. The van der Waals surface area contributed by atoms with Crippen molar-refractivity contribution in [3.05, 3.63) is 0 Å². The minimum Gasteiger partial charge on any atom is -0.480 e. The standard InChI is InChI=1S/C12H19N5O8/c18-6-13-1-8(19)14-2-9(20)15-3-10(21)16-4-11(22)17-7-25-5-12(23)24/h6H,1-5,7H2,(H,13,18)(H,14,19)(H,15,20)(H,16,21)(H,17,22)(H,23,24). The van der Waals surface area contributed by atoms with E-state index in [2.05, 4.69) is 31.3 Å². The lowest BCUT2D eigenvalue weighted by molar-refractivity contribution is -0.143. The highest BCUT2D eigenvalue weighted by Crippen LogP contribution is 1.73. The zero-order chi connectivity index (χ0) is 19.1. The normalized spacial score (nSPS) is 9.44. The van der Waals surface area contributed by atoms with Crippen LogP contribution in [-0.4, -0.2) is 80.6 Å². The van der Waals surface area contributed by atoms with E-state index in [4.69, 9.17) is 5.11 Å². The molecule has 0 aromatic carbocycles. The summed E-state index contributed by atoms with van der Waals surface area (Å²) in [7, 11) is 0. The lowest BCUT2D eigenvalue weighted by atomic mass is 10.4. The number of nitrogens with one attached hydrogen (secondary N) is 5. The van der Waals surface area contributed by atoms with Crippen LogP contribution < -0.4 is 26.6 Å². The van der Waals surface area contributed by atoms with Crippen LogP contribution in [0.4, 0.5) is 0 Å². The predicted molar refractivity (Wildman–Crippen MR) is 79.7 cm³/mol. The topological polar surface area (TPSA) is 192 Å². The molecule has 13 nitrogen and oxygen atoms in total. The molecular formula is C12H19N5O8. The Labute approximate surface area is 141 Å². The molecule has 0 saturated carbocycles. The summed E-state index contributed by atoms with van der Waals surface area (Å²) in [5, 5.41) is 19.2. The van der Waals surface area contributed by atoms with Gasteiger partial charge in [0.15, 0.2) is 0 Å². The van der Waals surface area contributed by atoms with Crippen LogP contribution in [0.2, 0.25) is 0 Å². The van der Waals surface area contributed by atoms with E-state index in [-0.39, 0.29) is 26.4 Å². The summed E-state index contributed by atoms with van der Waals surface area (Å²) in [4.78, 5) is 65.2. The van der Waals surface area contributed by atoms with Crippen molar-refractivity contribution in [1.82, 2.24) is 26.6 Å². The van der Waals surface area contributed by atoms with Crippen molar-refractivity contribution < 1.29 is 38.6 Å². The van der Waals surface area contributed by atoms with Crippen LogP contribution in [0.5, 0.6) is 0 Å². The molecule has 0 aliphatic rings. The summed E-state index contributed by atoms with van der Waals surface area (Å²) < 4.78 is 4.56. The molecule has 6 N–H and O–H groups in total. The van der Waals surface area contributed by atoms with E-state index in [1.54, 1.807) is 0 Å². The number of rotatable bonds is 13. The van der Waals surface area contributed by atoms with E-state index < -0.39 is 42.7 Å². The molecule has 0 bridgehead atoms. The van der Waals surface area contributed by atoms with E-state index in [1.807, 2.05) is 0 Å². The molecule has 0 heterocycles. The third-order valence-electron chi connectivity index (χ3n) is 2.28. The van der Waals surface area contributed by atoms with Crippen LogP contribution in [0, 0.1) is 0 Å². The minimum atomic E-state index is -1.19. The van der Waals surface area contributed by atoms with Gasteiger partial charge in [-0.25, -0.2) is 4.79 Å². The largest absolute Gasteiger partial charge is 0.480 e. The van der Waals surface area contributed by atoms with E-state index in [9.17, 15) is 28.8 Å². The molecule has 0 aliphatic carbocycles. The fraction of sp³-hybridized carbons (Fsp3) is 0.500. The lowest BCUT2D eigenvalue weighted by Crippen LogP contribution is -2.45. The number of carboxylic acids is 1. The van der Waals surface area contributed by atoms with Crippen LogP contribution in [0.15, 0.2) is 0 Å². The fourth-order valence-electron chi connectivity index (χ4n) is 1.19. The lowest BCUT2D eigenvalue weighted by Gasteiger charge is -2.08. The van der Waals surface area contributed by atoms with E-state index in [0.717, 1.165) is 0 Å². The summed E-state index contributed by atoms with van der Waals surface area (Å²) in [5.41, 5.74) is 0. The first-order chi connectivity index (χ1) is 11.8. The minimum absolute atomic E-state index is 0.275. The van der Waals surface area contributed by atoms with Gasteiger partial charge in [0.05, 0.1) is 26.2 Å². The van der Waals surface area contributed by atoms with E-state index >= 15 is 0 Å². The zero-order valence-electron chi connectivity index (χ0n) is 13.1. The number of hydrogen-bond acceptors (Lipinski definition) is 7. The van der Waals surface area contributed by atoms with Gasteiger partial charge in [-0.1, -0.05) is 0 Å². The Morgan fingerprint density at radius 1 is 0.760 bits per heavy atom. The summed E-state index contributed by atoms with van der Waals surface area (Å²) in [5.74, 6) is -3.66. The number of ether oxygens (including phenoxy) is 1. The molecule has 25 heavy (non-hydrogen) atoms. The summed E-state index contributed by atoms with van der Waals surface area (Å²) in [6, 6.07) is 0. The van der Waals surface area contributed by atoms with Crippen LogP contribution >= 0.6 is 0 Å². The van der Waals surface area contributed by atoms with Crippen molar-refractivity contribution in [2.45, 2.75) is 0 Å². The molecule has 13 heteroatoms. The van der Waals surface area contributed by atoms with Crippen LogP contribution in [0.25, 0.3) is 0 Å². The Hall–Kier alpha value is -3.22. The molecule has 0 unspecified atom stereocenters. The highest BCUT2D eigenvalue weighted by atomic mass is 16.5. The van der Waals surface area contributed by atoms with Crippen molar-refractivity contribution >= 4 is 36.0 Å². The van der Waals surface area contributed by atoms with Gasteiger partial charge in [-0.3, -0.25) is 24.0 Å². The smallest absolute Gasteiger partial charge is 0.329 e. The maximum Gasteiger partial charge on any atom is 0.329 e. The molecule has 0 spiro atoms. The van der Waals surface area contributed by atoms with E-state index in [0.29, 0.717) is 6.41 Å². The number of carbonyl (C=O) groups excluding carboxylic acids is 5. The van der Waals surface area contributed by atoms with Crippen molar-refractivity contribution in [3.63, 3.8) is 0 Å². The molecule has 5 amide bonds. The number of aliphatic carboxylic acids is 1. The molecule has 0 rings (SSSR count). The Bertz CT molecular complexity index is 510. The molecule has 0 aromatic rings. The van der Waals surface area contributed by atoms with Gasteiger partial charge in [-0.15, -0.1) is 0 Å². The maximum absolute atomic E-state index is 11.4.